The lowest BCUT2D eigenvalue weighted by molar-refractivity contribution is 0.116. The number of hydrogen-bond acceptors (Lipinski definition) is 13. The Balaban J connectivity index is 7.89. The molecule has 4 unspecified atom stereocenters. The van der Waals surface area contributed by atoms with E-state index in [0.717, 1.165) is 0 Å². The minimum atomic E-state index is -3.82. The summed E-state index contributed by atoms with van der Waals surface area (Å²) in [5.74, 6) is 0. The molecule has 0 amide bonds. The molecule has 0 radical (unpaired) electrons. The number of hydrogen-bond donors (Lipinski definition) is 0. The van der Waals surface area contributed by atoms with Gasteiger partial charge in [-0.25, -0.2) is 0 Å². The highest BCUT2D eigenvalue weighted by molar-refractivity contribution is 6.96. The lowest BCUT2D eigenvalue weighted by Crippen LogP contribution is -2.71. The van der Waals surface area contributed by atoms with Crippen molar-refractivity contribution in [3.63, 3.8) is 0 Å². The van der Waals surface area contributed by atoms with Crippen LogP contribution in [0.15, 0.2) is 0 Å². The summed E-state index contributed by atoms with van der Waals surface area (Å²) in [7, 11) is -39.8. The van der Waals surface area contributed by atoms with Gasteiger partial charge in [0.25, 0.3) is 0 Å². The van der Waals surface area contributed by atoms with E-state index in [9.17, 15) is 0 Å². The standard InChI is InChI=1S/C30H90O13Si14/c1-44(2,3)31-52(25,32-45(4,5)6)39-54(27,35-48(13,14)15)41-56(29,37-50(19,20)21)43-57(30,38-51(22,23)24)42-55(28,36-49(16,17)18)40-53(26,33-46(7,8)9)34-47(10,11)12/h1-30H3. The van der Waals surface area contributed by atoms with Crippen LogP contribution >= 0.6 is 0 Å². The zero-order valence-electron chi connectivity index (χ0n) is 42.3. The monoisotopic (exact) mass is 1050 g/mol. The van der Waals surface area contributed by atoms with Crippen LogP contribution in [0.3, 0.4) is 0 Å². The van der Waals surface area contributed by atoms with E-state index in [1.54, 1.807) is 0 Å². The van der Waals surface area contributed by atoms with Crippen molar-refractivity contribution in [3.8, 4) is 0 Å². The van der Waals surface area contributed by atoms with Gasteiger partial charge in [0.1, 0.15) is 0 Å². The van der Waals surface area contributed by atoms with Crippen molar-refractivity contribution in [1.29, 1.82) is 0 Å². The molecule has 0 aliphatic rings. The van der Waals surface area contributed by atoms with Crippen molar-refractivity contribution < 1.29 is 53.5 Å². The predicted octanol–water partition coefficient (Wildman–Crippen LogP) is 11.3. The van der Waals surface area contributed by atoms with Crippen molar-refractivity contribution in [1.82, 2.24) is 0 Å². The number of rotatable bonds is 26. The van der Waals surface area contributed by atoms with Crippen LogP contribution in [0.5, 0.6) is 0 Å². The fourth-order valence-electron chi connectivity index (χ4n) is 6.51. The van der Waals surface area contributed by atoms with Gasteiger partial charge in [0.05, 0.1) is 0 Å². The van der Waals surface area contributed by atoms with E-state index in [1.807, 2.05) is 39.3 Å². The first-order valence-corrected chi connectivity index (χ1v) is 60.9. The zero-order valence-corrected chi connectivity index (χ0v) is 56.3. The minimum absolute atomic E-state index is 1.92. The summed E-state index contributed by atoms with van der Waals surface area (Å²) < 4.78 is 92.0. The van der Waals surface area contributed by atoms with Gasteiger partial charge in [-0.05, 0) is 157 Å². The fraction of sp³-hybridized carbons (Fsp3) is 1.00. The Kier molecular flexibility index (Phi) is 20.4. The molecule has 0 saturated heterocycles. The quantitative estimate of drug-likeness (QED) is 0.0765. The van der Waals surface area contributed by atoms with Gasteiger partial charge < -0.3 is 53.5 Å². The molecule has 0 aliphatic carbocycles. The molecule has 0 aliphatic heterocycles. The Hall–Kier alpha value is 2.52. The summed E-state index contributed by atoms with van der Waals surface area (Å²) >= 11 is 0. The van der Waals surface area contributed by atoms with Crippen LogP contribution in [0.25, 0.3) is 0 Å². The van der Waals surface area contributed by atoms with Crippen LogP contribution in [0, 0.1) is 0 Å². The van der Waals surface area contributed by atoms with Gasteiger partial charge in [-0.15, -0.1) is 0 Å². The Bertz CT molecular complexity index is 1160. The van der Waals surface area contributed by atoms with E-state index < -0.39 is 119 Å². The molecule has 0 spiro atoms. The van der Waals surface area contributed by atoms with Gasteiger partial charge in [-0.2, -0.15) is 0 Å². The van der Waals surface area contributed by atoms with E-state index in [0.29, 0.717) is 0 Å². The Morgan fingerprint density at radius 1 is 0.123 bits per heavy atom. The first kappa shape index (κ1) is 59.5. The van der Waals surface area contributed by atoms with Crippen LogP contribution in [-0.2, 0) is 53.5 Å². The molecule has 0 bridgehead atoms. The molecule has 4 atom stereocenters. The third-order valence-electron chi connectivity index (χ3n) is 5.79. The molecule has 27 heteroatoms. The summed E-state index contributed by atoms with van der Waals surface area (Å²) in [6.07, 6.45) is 0. The van der Waals surface area contributed by atoms with Gasteiger partial charge in [-0.1, -0.05) is 0 Å². The highest BCUT2D eigenvalue weighted by Crippen LogP contribution is 2.37. The smallest absolute Gasteiger partial charge is 0.417 e. The average molecular weight is 1050 g/mol. The van der Waals surface area contributed by atoms with Crippen molar-refractivity contribution in [2.75, 3.05) is 0 Å². The topological polar surface area (TPSA) is 120 Å². The third-order valence-corrected chi connectivity index (χ3v) is 52.1. The Morgan fingerprint density at radius 2 is 0.193 bits per heavy atom. The average Bonchev–Trinajstić information content (AvgIpc) is 2.63. The van der Waals surface area contributed by atoms with Gasteiger partial charge in [0.15, 0.2) is 66.5 Å². The summed E-state index contributed by atoms with van der Waals surface area (Å²) in [6, 6.07) is 0. The highest BCUT2D eigenvalue weighted by Gasteiger charge is 2.63. The molecule has 0 saturated carbocycles. The largest absolute Gasteiger partial charge is 0.472 e. The molecule has 13 nitrogen and oxygen atoms in total. The Labute approximate surface area is 366 Å². The fourth-order valence-corrected chi connectivity index (χ4v) is 65.3. The summed E-state index contributed by atoms with van der Waals surface area (Å²) in [5.41, 5.74) is 0. The maximum absolute atomic E-state index is 7.37. The van der Waals surface area contributed by atoms with Gasteiger partial charge in [0.2, 0.25) is 0 Å². The van der Waals surface area contributed by atoms with Crippen molar-refractivity contribution >= 4 is 119 Å². The summed E-state index contributed by atoms with van der Waals surface area (Å²) in [4.78, 5) is 0. The molecule has 0 aromatic carbocycles. The van der Waals surface area contributed by atoms with E-state index >= 15 is 0 Å². The normalized spacial score (nSPS) is 19.5. The van der Waals surface area contributed by atoms with Crippen LogP contribution < -0.4 is 0 Å². The lowest BCUT2D eigenvalue weighted by Gasteiger charge is -2.49. The van der Waals surface area contributed by atoms with Crippen molar-refractivity contribution in [3.05, 3.63) is 0 Å². The second kappa shape index (κ2) is 19.5. The molecular formula is C30H90O13Si14. The summed E-state index contributed by atoms with van der Waals surface area (Å²) in [6.45, 7) is 63.0. The molecule has 0 aromatic rings. The van der Waals surface area contributed by atoms with Crippen molar-refractivity contribution in [2.45, 2.75) is 196 Å². The molecule has 0 rings (SSSR count). The van der Waals surface area contributed by atoms with Crippen LogP contribution in [-0.4, -0.2) is 119 Å². The van der Waals surface area contributed by atoms with Crippen molar-refractivity contribution in [2.24, 2.45) is 0 Å². The first-order valence-electron chi connectivity index (χ1n) is 20.3. The Morgan fingerprint density at radius 3 is 0.263 bits per heavy atom. The van der Waals surface area contributed by atoms with E-state index in [1.165, 1.54) is 0 Å². The molecule has 0 N–H and O–H groups in total. The third kappa shape index (κ3) is 28.8. The molecule has 344 valence electrons. The van der Waals surface area contributed by atoms with Gasteiger partial charge in [-0.3, -0.25) is 0 Å². The van der Waals surface area contributed by atoms with E-state index in [-0.39, 0.29) is 0 Å². The zero-order chi connectivity index (χ0) is 46.2. The molecule has 0 aromatic heterocycles. The van der Waals surface area contributed by atoms with Gasteiger partial charge >= 0.3 is 52.8 Å². The van der Waals surface area contributed by atoms with E-state index in [2.05, 4.69) is 157 Å². The minimum Gasteiger partial charge on any atom is -0.417 e. The van der Waals surface area contributed by atoms with Gasteiger partial charge in [0, 0.05) is 39.3 Å². The maximum atomic E-state index is 7.37. The second-order valence-electron chi connectivity index (χ2n) is 23.4. The molecule has 57 heavy (non-hydrogen) atoms. The second-order valence-corrected chi connectivity index (χ2v) is 78.2. The molecule has 0 heterocycles. The molecule has 0 fully saturated rings. The maximum Gasteiger partial charge on any atom is 0.472 e. The SMILES string of the molecule is C[Si](C)(C)O[Si](C)(O[Si](C)(C)C)O[Si](C)(O[Si](C)(C)C)O[Si](C)(O[Si](C)(C)C)O[Si](C)(O[Si](C)(C)C)O[Si](C)(O[Si](C)(C)C)O[Si](C)(O[Si](C)(C)C)O[Si](C)(C)C. The van der Waals surface area contributed by atoms with E-state index in [4.69, 9.17) is 53.5 Å². The lowest BCUT2D eigenvalue weighted by atomic mass is 11.8. The first-order chi connectivity index (χ1) is 24.2. The summed E-state index contributed by atoms with van der Waals surface area (Å²) in [5, 5.41) is 0. The highest BCUT2D eigenvalue weighted by atomic mass is 28.6. The molecular weight excluding hydrogens is 962 g/mol. The van der Waals surface area contributed by atoms with Crippen LogP contribution in [0.2, 0.25) is 196 Å². The predicted molar refractivity (Wildman–Crippen MR) is 271 cm³/mol. The van der Waals surface area contributed by atoms with Crippen LogP contribution in [0.4, 0.5) is 0 Å². The van der Waals surface area contributed by atoms with Crippen LogP contribution in [0.1, 0.15) is 0 Å².